The Morgan fingerprint density at radius 2 is 1.97 bits per heavy atom. The molecule has 3 heterocycles. The van der Waals surface area contributed by atoms with Gasteiger partial charge in [-0.25, -0.2) is 10.5 Å². The summed E-state index contributed by atoms with van der Waals surface area (Å²) < 4.78 is 5.03. The highest BCUT2D eigenvalue weighted by atomic mass is 16.7. The first-order valence-electron chi connectivity index (χ1n) is 10.9. The number of piperidine rings is 1. The molecule has 3 atom stereocenters. The topological polar surface area (TPSA) is 83.1 Å². The van der Waals surface area contributed by atoms with Crippen molar-refractivity contribution in [2.75, 3.05) is 39.9 Å². The van der Waals surface area contributed by atoms with Crippen molar-refractivity contribution in [3.63, 3.8) is 0 Å². The van der Waals surface area contributed by atoms with Crippen molar-refractivity contribution in [3.8, 4) is 0 Å². The molecule has 1 aromatic rings. The fourth-order valence-electron chi connectivity index (χ4n) is 5.34. The zero-order chi connectivity index (χ0) is 21.1. The van der Waals surface area contributed by atoms with E-state index in [1.807, 2.05) is 13.0 Å². The van der Waals surface area contributed by atoms with E-state index in [0.717, 1.165) is 26.2 Å². The average Bonchev–Trinajstić information content (AvgIpc) is 3.34. The van der Waals surface area contributed by atoms with Gasteiger partial charge in [0.05, 0.1) is 31.2 Å². The second-order valence-corrected chi connectivity index (χ2v) is 8.46. The van der Waals surface area contributed by atoms with Crippen LogP contribution in [0.15, 0.2) is 30.3 Å². The zero-order valence-corrected chi connectivity index (χ0v) is 17.8. The number of carbonyl (C=O) groups excluding carboxylic acids is 2. The van der Waals surface area contributed by atoms with Crippen LogP contribution in [0.2, 0.25) is 0 Å². The molecular formula is C22H32N4O4. The van der Waals surface area contributed by atoms with Gasteiger partial charge in [0.1, 0.15) is 0 Å². The molecule has 0 bridgehead atoms. The summed E-state index contributed by atoms with van der Waals surface area (Å²) in [6.45, 7) is 5.79. The number of ether oxygens (including phenoxy) is 1. The molecule has 0 radical (unpaired) electrons. The van der Waals surface area contributed by atoms with Crippen LogP contribution in [-0.4, -0.2) is 67.3 Å². The van der Waals surface area contributed by atoms with Gasteiger partial charge in [-0.1, -0.05) is 30.3 Å². The Morgan fingerprint density at radius 1 is 1.23 bits per heavy atom. The molecule has 3 aliphatic rings. The molecule has 1 amide bonds. The fourth-order valence-corrected chi connectivity index (χ4v) is 5.34. The minimum Gasteiger partial charge on any atom is -0.469 e. The van der Waals surface area contributed by atoms with Crippen molar-refractivity contribution in [2.24, 2.45) is 11.8 Å². The lowest BCUT2D eigenvalue weighted by Crippen LogP contribution is -2.57. The number of benzene rings is 1. The van der Waals surface area contributed by atoms with Crippen molar-refractivity contribution < 1.29 is 19.2 Å². The van der Waals surface area contributed by atoms with E-state index >= 15 is 0 Å². The minimum absolute atomic E-state index is 0.117. The molecule has 164 valence electrons. The number of hydrazine groups is 1. The summed E-state index contributed by atoms with van der Waals surface area (Å²) in [6.07, 6.45) is 1.59. The molecule has 3 aliphatic heterocycles. The molecule has 1 spiro atoms. The second-order valence-electron chi connectivity index (χ2n) is 8.46. The van der Waals surface area contributed by atoms with E-state index in [2.05, 4.69) is 40.0 Å². The monoisotopic (exact) mass is 416 g/mol. The molecule has 3 unspecified atom stereocenters. The van der Waals surface area contributed by atoms with E-state index in [4.69, 9.17) is 9.57 Å². The number of hydrogen-bond donors (Lipinski definition) is 2. The Bertz CT molecular complexity index is 751. The molecule has 1 aromatic carbocycles. The number of nitrogens with one attached hydrogen (secondary N) is 2. The van der Waals surface area contributed by atoms with Gasteiger partial charge in [0.2, 0.25) is 5.91 Å². The highest BCUT2D eigenvalue weighted by Crippen LogP contribution is 2.44. The molecule has 3 fully saturated rings. The maximum absolute atomic E-state index is 12.6. The van der Waals surface area contributed by atoms with E-state index < -0.39 is 11.5 Å². The minimum atomic E-state index is -0.596. The predicted octanol–water partition coefficient (Wildman–Crippen LogP) is 1.26. The molecule has 0 saturated carbocycles. The van der Waals surface area contributed by atoms with E-state index in [1.54, 1.807) is 0 Å². The third kappa shape index (κ3) is 3.85. The highest BCUT2D eigenvalue weighted by molar-refractivity contribution is 5.88. The number of hydrogen-bond acceptors (Lipinski definition) is 7. The van der Waals surface area contributed by atoms with Gasteiger partial charge in [0, 0.05) is 38.5 Å². The van der Waals surface area contributed by atoms with Gasteiger partial charge < -0.3 is 9.64 Å². The standard InChI is InChI=1S/C22H32N4O4/c1-3-30-26-19(27)13-18(21(28)29-2)22(26)9-11-25(12-10-22)15-17-14-23-24-20(17)16-7-5-4-6-8-16/h4-8,17-18,20,23-24H,3,9-15H2,1-2H3. The Morgan fingerprint density at radius 3 is 2.63 bits per heavy atom. The fraction of sp³-hybridized carbons (Fsp3) is 0.636. The van der Waals surface area contributed by atoms with E-state index in [9.17, 15) is 9.59 Å². The molecule has 2 N–H and O–H groups in total. The number of nitrogens with zero attached hydrogens (tertiary/aromatic N) is 2. The van der Waals surface area contributed by atoms with E-state index in [-0.39, 0.29) is 24.3 Å². The molecule has 8 heteroatoms. The van der Waals surface area contributed by atoms with Crippen LogP contribution < -0.4 is 10.9 Å². The second kappa shape index (κ2) is 9.01. The van der Waals surface area contributed by atoms with Crippen LogP contribution >= 0.6 is 0 Å². The number of carbonyl (C=O) groups is 2. The number of amides is 1. The van der Waals surface area contributed by atoms with Gasteiger partial charge in [-0.15, -0.1) is 0 Å². The van der Waals surface area contributed by atoms with Gasteiger partial charge in [-0.2, -0.15) is 0 Å². The predicted molar refractivity (Wildman–Crippen MR) is 111 cm³/mol. The van der Waals surface area contributed by atoms with Crippen molar-refractivity contribution in [2.45, 2.75) is 37.8 Å². The van der Waals surface area contributed by atoms with Crippen LogP contribution in [0.3, 0.4) is 0 Å². The van der Waals surface area contributed by atoms with Crippen LogP contribution in [0, 0.1) is 11.8 Å². The van der Waals surface area contributed by atoms with Crippen molar-refractivity contribution >= 4 is 11.9 Å². The van der Waals surface area contributed by atoms with E-state index in [1.165, 1.54) is 17.7 Å². The Balaban J connectivity index is 1.44. The molecule has 0 aromatic heterocycles. The molecule has 4 rings (SSSR count). The molecule has 3 saturated heterocycles. The van der Waals surface area contributed by atoms with Gasteiger partial charge in [0.25, 0.3) is 0 Å². The van der Waals surface area contributed by atoms with Crippen LogP contribution in [0.4, 0.5) is 0 Å². The third-order valence-corrected chi connectivity index (χ3v) is 6.87. The maximum atomic E-state index is 12.6. The average molecular weight is 417 g/mol. The lowest BCUT2D eigenvalue weighted by molar-refractivity contribution is -0.221. The van der Waals surface area contributed by atoms with Crippen LogP contribution in [0.25, 0.3) is 0 Å². The summed E-state index contributed by atoms with van der Waals surface area (Å²) in [5.41, 5.74) is 7.41. The van der Waals surface area contributed by atoms with Crippen molar-refractivity contribution in [1.82, 2.24) is 20.8 Å². The lowest BCUT2D eigenvalue weighted by Gasteiger charge is -2.46. The van der Waals surface area contributed by atoms with Gasteiger partial charge in [0.15, 0.2) is 0 Å². The van der Waals surface area contributed by atoms with Crippen molar-refractivity contribution in [1.29, 1.82) is 0 Å². The SMILES string of the molecule is CCON1C(=O)CC(C(=O)OC)C12CCN(CC1CNNC1c1ccccc1)CC2. The molecular weight excluding hydrogens is 384 g/mol. The normalized spacial score (nSPS) is 28.9. The first-order valence-corrected chi connectivity index (χ1v) is 10.9. The summed E-state index contributed by atoms with van der Waals surface area (Å²) in [4.78, 5) is 33.2. The largest absolute Gasteiger partial charge is 0.469 e. The summed E-state index contributed by atoms with van der Waals surface area (Å²) in [7, 11) is 1.39. The van der Waals surface area contributed by atoms with Gasteiger partial charge >= 0.3 is 5.97 Å². The highest BCUT2D eigenvalue weighted by Gasteiger charge is 2.58. The Kier molecular flexibility index (Phi) is 6.38. The summed E-state index contributed by atoms with van der Waals surface area (Å²) in [5.74, 6) is -0.442. The van der Waals surface area contributed by atoms with E-state index in [0.29, 0.717) is 25.4 Å². The van der Waals surface area contributed by atoms with Gasteiger partial charge in [-0.05, 0) is 25.3 Å². The number of esters is 1. The van der Waals surface area contributed by atoms with Gasteiger partial charge in [-0.3, -0.25) is 19.9 Å². The first kappa shape index (κ1) is 21.2. The quantitative estimate of drug-likeness (QED) is 0.676. The molecule has 0 aliphatic carbocycles. The third-order valence-electron chi connectivity index (χ3n) is 6.87. The number of hydroxylamine groups is 2. The maximum Gasteiger partial charge on any atom is 0.311 e. The van der Waals surface area contributed by atoms with Crippen LogP contribution in [-0.2, 0) is 19.2 Å². The summed E-state index contributed by atoms with van der Waals surface area (Å²) >= 11 is 0. The number of rotatable bonds is 6. The zero-order valence-electron chi connectivity index (χ0n) is 17.8. The summed E-state index contributed by atoms with van der Waals surface area (Å²) in [6, 6.07) is 10.8. The number of methoxy groups -OCH3 is 1. The Labute approximate surface area is 177 Å². The van der Waals surface area contributed by atoms with Crippen molar-refractivity contribution in [3.05, 3.63) is 35.9 Å². The van der Waals surface area contributed by atoms with Crippen LogP contribution in [0.5, 0.6) is 0 Å². The molecule has 8 nitrogen and oxygen atoms in total. The first-order chi connectivity index (χ1) is 14.6. The lowest BCUT2D eigenvalue weighted by atomic mass is 9.77. The number of likely N-dealkylation sites (tertiary alicyclic amines) is 1. The summed E-state index contributed by atoms with van der Waals surface area (Å²) in [5, 5.41) is 1.50. The molecule has 30 heavy (non-hydrogen) atoms. The Hall–Kier alpha value is -2.00. The van der Waals surface area contributed by atoms with Crippen LogP contribution in [0.1, 0.15) is 37.8 Å². The smallest absolute Gasteiger partial charge is 0.311 e.